The normalized spacial score (nSPS) is 13.6. The van der Waals surface area contributed by atoms with Gasteiger partial charge in [0, 0.05) is 21.9 Å². The second kappa shape index (κ2) is 6.88. The molecule has 1 nitrogen and oxygen atoms in total. The highest BCUT2D eigenvalue weighted by Gasteiger charge is 2.38. The third-order valence-electron chi connectivity index (χ3n) is 6.37. The minimum absolute atomic E-state index is 0.0354. The molecule has 0 fully saturated rings. The fourth-order valence-electron chi connectivity index (χ4n) is 5.16. The van der Waals surface area contributed by atoms with Gasteiger partial charge in [0.1, 0.15) is 0 Å². The lowest BCUT2D eigenvalue weighted by Gasteiger charge is -2.23. The zero-order valence-electron chi connectivity index (χ0n) is 18.1. The van der Waals surface area contributed by atoms with Crippen molar-refractivity contribution in [1.82, 2.24) is 4.57 Å². The van der Waals surface area contributed by atoms with Gasteiger partial charge in [-0.25, -0.2) is 0 Å². The molecule has 0 atom stereocenters. The van der Waals surface area contributed by atoms with E-state index >= 15 is 0 Å². The fourth-order valence-corrected chi connectivity index (χ4v) is 5.16. The van der Waals surface area contributed by atoms with Gasteiger partial charge in [0.15, 0.2) is 0 Å². The smallest absolute Gasteiger partial charge is 0.0588 e. The summed E-state index contributed by atoms with van der Waals surface area (Å²) in [6.07, 6.45) is 0. The molecule has 4 aromatic carbocycles. The van der Waals surface area contributed by atoms with E-state index in [1.807, 2.05) is 13.8 Å². The molecular weight excluding hydrogens is 362 g/mol. The molecular formula is C29H27N. The van der Waals surface area contributed by atoms with E-state index in [1.165, 1.54) is 49.7 Å². The predicted molar refractivity (Wildman–Crippen MR) is 130 cm³/mol. The molecule has 1 heterocycles. The van der Waals surface area contributed by atoms with Crippen LogP contribution in [0.25, 0.3) is 38.6 Å². The summed E-state index contributed by atoms with van der Waals surface area (Å²) in [6.45, 7) is 8.73. The molecule has 1 aliphatic carbocycles. The Morgan fingerprint density at radius 3 is 2.07 bits per heavy atom. The SMILES string of the molecule is CC.CC1(C)c2ccccc2-c2ccc3c4ccccc4n(-c4ccccc4)c3c21. The molecule has 0 saturated carbocycles. The van der Waals surface area contributed by atoms with Gasteiger partial charge >= 0.3 is 0 Å². The molecule has 1 heteroatoms. The van der Waals surface area contributed by atoms with Gasteiger partial charge in [-0.05, 0) is 40.5 Å². The Kier molecular flexibility index (Phi) is 4.29. The second-order valence-electron chi connectivity index (χ2n) is 8.24. The molecule has 1 aliphatic rings. The van der Waals surface area contributed by atoms with E-state index < -0.39 is 0 Å². The van der Waals surface area contributed by atoms with E-state index in [-0.39, 0.29) is 5.41 Å². The van der Waals surface area contributed by atoms with Crippen LogP contribution in [0.15, 0.2) is 91.0 Å². The van der Waals surface area contributed by atoms with Crippen molar-refractivity contribution in [2.75, 3.05) is 0 Å². The molecule has 30 heavy (non-hydrogen) atoms. The second-order valence-corrected chi connectivity index (χ2v) is 8.24. The van der Waals surface area contributed by atoms with E-state index in [4.69, 9.17) is 0 Å². The predicted octanol–water partition coefficient (Wildman–Crippen LogP) is 8.12. The van der Waals surface area contributed by atoms with Crippen LogP contribution in [-0.4, -0.2) is 4.57 Å². The van der Waals surface area contributed by atoms with Gasteiger partial charge in [0.25, 0.3) is 0 Å². The van der Waals surface area contributed by atoms with Crippen molar-refractivity contribution in [2.45, 2.75) is 33.1 Å². The molecule has 0 radical (unpaired) electrons. The van der Waals surface area contributed by atoms with Crippen molar-refractivity contribution in [2.24, 2.45) is 0 Å². The van der Waals surface area contributed by atoms with Gasteiger partial charge in [0.05, 0.1) is 11.0 Å². The molecule has 0 unspecified atom stereocenters. The number of hydrogen-bond donors (Lipinski definition) is 0. The maximum Gasteiger partial charge on any atom is 0.0588 e. The topological polar surface area (TPSA) is 4.93 Å². The van der Waals surface area contributed by atoms with Gasteiger partial charge in [-0.1, -0.05) is 100 Å². The first kappa shape index (κ1) is 18.7. The number of rotatable bonds is 1. The van der Waals surface area contributed by atoms with Crippen molar-refractivity contribution in [3.05, 3.63) is 102 Å². The summed E-state index contributed by atoms with van der Waals surface area (Å²) >= 11 is 0. The molecule has 5 aromatic rings. The van der Waals surface area contributed by atoms with Crippen LogP contribution in [0.5, 0.6) is 0 Å². The average Bonchev–Trinajstić information content (AvgIpc) is 3.26. The highest BCUT2D eigenvalue weighted by molar-refractivity contribution is 6.13. The summed E-state index contributed by atoms with van der Waals surface area (Å²) in [4.78, 5) is 0. The highest BCUT2D eigenvalue weighted by atomic mass is 15.0. The molecule has 6 rings (SSSR count). The van der Waals surface area contributed by atoms with E-state index in [0.717, 1.165) is 0 Å². The lowest BCUT2D eigenvalue weighted by molar-refractivity contribution is 0.664. The van der Waals surface area contributed by atoms with Gasteiger partial charge in [-0.15, -0.1) is 0 Å². The maximum absolute atomic E-state index is 2.46. The van der Waals surface area contributed by atoms with Crippen LogP contribution in [0.4, 0.5) is 0 Å². The number of hydrogen-bond acceptors (Lipinski definition) is 0. The highest BCUT2D eigenvalue weighted by Crippen LogP contribution is 2.52. The lowest BCUT2D eigenvalue weighted by Crippen LogP contribution is -2.16. The Bertz CT molecular complexity index is 1370. The van der Waals surface area contributed by atoms with E-state index in [2.05, 4.69) is 109 Å². The first-order chi connectivity index (χ1) is 14.7. The summed E-state index contributed by atoms with van der Waals surface area (Å²) in [5.74, 6) is 0. The quantitative estimate of drug-likeness (QED) is 0.273. The summed E-state index contributed by atoms with van der Waals surface area (Å²) in [5, 5.41) is 2.65. The van der Waals surface area contributed by atoms with E-state index in [9.17, 15) is 0 Å². The van der Waals surface area contributed by atoms with Crippen molar-refractivity contribution in [3.8, 4) is 16.8 Å². The van der Waals surface area contributed by atoms with Crippen LogP contribution < -0.4 is 0 Å². The average molecular weight is 390 g/mol. The maximum atomic E-state index is 2.46. The largest absolute Gasteiger partial charge is 0.309 e. The first-order valence-corrected chi connectivity index (χ1v) is 10.9. The molecule has 0 bridgehead atoms. The molecule has 0 spiro atoms. The van der Waals surface area contributed by atoms with Gasteiger partial charge < -0.3 is 4.57 Å². The van der Waals surface area contributed by atoms with Gasteiger partial charge in [-0.2, -0.15) is 0 Å². The van der Waals surface area contributed by atoms with Crippen LogP contribution in [0.2, 0.25) is 0 Å². The van der Waals surface area contributed by atoms with E-state index in [0.29, 0.717) is 0 Å². The van der Waals surface area contributed by atoms with Gasteiger partial charge in [-0.3, -0.25) is 0 Å². The summed E-state index contributed by atoms with van der Waals surface area (Å²) in [7, 11) is 0. The van der Waals surface area contributed by atoms with Crippen LogP contribution >= 0.6 is 0 Å². The summed E-state index contributed by atoms with van der Waals surface area (Å²) in [5.41, 5.74) is 9.38. The molecule has 0 N–H and O–H groups in total. The Balaban J connectivity index is 0.000000937. The number of aromatic nitrogens is 1. The van der Waals surface area contributed by atoms with E-state index in [1.54, 1.807) is 0 Å². The van der Waals surface area contributed by atoms with Gasteiger partial charge in [0.2, 0.25) is 0 Å². The number of benzene rings is 4. The zero-order chi connectivity index (χ0) is 20.9. The summed E-state index contributed by atoms with van der Waals surface area (Å²) < 4.78 is 2.46. The Morgan fingerprint density at radius 2 is 1.27 bits per heavy atom. The molecule has 0 amide bonds. The van der Waals surface area contributed by atoms with Crippen molar-refractivity contribution < 1.29 is 0 Å². The van der Waals surface area contributed by atoms with Crippen molar-refractivity contribution >= 4 is 21.8 Å². The molecule has 1 aromatic heterocycles. The third kappa shape index (κ3) is 2.42. The Hall–Kier alpha value is -3.32. The fraction of sp³-hybridized carbons (Fsp3) is 0.172. The number of fused-ring (bicyclic) bond motifs is 7. The minimum atomic E-state index is -0.0354. The molecule has 0 saturated heterocycles. The Morgan fingerprint density at radius 1 is 0.600 bits per heavy atom. The molecule has 148 valence electrons. The monoisotopic (exact) mass is 389 g/mol. The van der Waals surface area contributed by atoms with Crippen molar-refractivity contribution in [3.63, 3.8) is 0 Å². The number of nitrogens with zero attached hydrogens (tertiary/aromatic N) is 1. The van der Waals surface area contributed by atoms with Crippen LogP contribution in [0.3, 0.4) is 0 Å². The Labute approximate surface area is 178 Å². The lowest BCUT2D eigenvalue weighted by atomic mass is 9.81. The summed E-state index contributed by atoms with van der Waals surface area (Å²) in [6, 6.07) is 33.0. The van der Waals surface area contributed by atoms with Crippen LogP contribution in [-0.2, 0) is 5.41 Å². The van der Waals surface area contributed by atoms with Crippen molar-refractivity contribution in [1.29, 1.82) is 0 Å². The first-order valence-electron chi connectivity index (χ1n) is 10.9. The van der Waals surface area contributed by atoms with Crippen LogP contribution in [0.1, 0.15) is 38.8 Å². The molecule has 0 aliphatic heterocycles. The standard InChI is InChI=1S/C27H21N.C2H6/c1-27(2)23-14-8-6-12-19(23)21-16-17-22-20-13-7-9-15-24(20)28(26(22)25(21)27)18-10-4-3-5-11-18;1-2/h3-17H,1-2H3;1-2H3. The number of para-hydroxylation sites is 2. The minimum Gasteiger partial charge on any atom is -0.309 e. The zero-order valence-corrected chi connectivity index (χ0v) is 18.1. The van der Waals surface area contributed by atoms with Crippen LogP contribution in [0, 0.1) is 0 Å². The third-order valence-corrected chi connectivity index (χ3v) is 6.37.